The molecule has 7 heteroatoms. The van der Waals surface area contributed by atoms with Crippen LogP contribution in [-0.4, -0.2) is 22.2 Å². The van der Waals surface area contributed by atoms with Crippen molar-refractivity contribution in [2.75, 3.05) is 12.4 Å². The Morgan fingerprint density at radius 2 is 1.85 bits per heavy atom. The van der Waals surface area contributed by atoms with E-state index in [4.69, 9.17) is 4.74 Å². The van der Waals surface area contributed by atoms with Crippen LogP contribution in [0.3, 0.4) is 0 Å². The standard InChI is InChI=1S/C20H21N3O4/c1-3-11-22-19(25)16-9-4-5-10-17(16)23(20(22)26)13-18(24)21-14-7-6-8-15(12-14)27-2/h4-10,12H,3,11,13H2,1-2H3,(H,21,24). The number of nitrogens with one attached hydrogen (secondary N) is 1. The quantitative estimate of drug-likeness (QED) is 0.724. The van der Waals surface area contributed by atoms with Crippen LogP contribution in [0.2, 0.25) is 0 Å². The monoisotopic (exact) mass is 367 g/mol. The third-order valence-corrected chi connectivity index (χ3v) is 4.23. The van der Waals surface area contributed by atoms with E-state index in [-0.39, 0.29) is 18.0 Å². The number of rotatable bonds is 6. The second-order valence-corrected chi connectivity index (χ2v) is 6.12. The SMILES string of the molecule is CCCn1c(=O)c2ccccc2n(CC(=O)Nc2cccc(OC)c2)c1=O. The zero-order valence-electron chi connectivity index (χ0n) is 15.3. The van der Waals surface area contributed by atoms with Crippen LogP contribution in [0.25, 0.3) is 10.9 Å². The molecule has 0 fully saturated rings. The first-order valence-corrected chi connectivity index (χ1v) is 8.71. The van der Waals surface area contributed by atoms with Crippen LogP contribution < -0.4 is 21.3 Å². The molecule has 3 rings (SSSR count). The molecule has 140 valence electrons. The van der Waals surface area contributed by atoms with Crippen molar-refractivity contribution >= 4 is 22.5 Å². The lowest BCUT2D eigenvalue weighted by molar-refractivity contribution is -0.116. The molecule has 1 N–H and O–H groups in total. The molecule has 0 aliphatic carbocycles. The molecule has 0 unspecified atom stereocenters. The van der Waals surface area contributed by atoms with Crippen LogP contribution in [-0.2, 0) is 17.9 Å². The number of benzene rings is 2. The summed E-state index contributed by atoms with van der Waals surface area (Å²) in [7, 11) is 1.55. The number of carbonyl (C=O) groups is 1. The lowest BCUT2D eigenvalue weighted by atomic mass is 10.2. The summed E-state index contributed by atoms with van der Waals surface area (Å²) in [6.07, 6.45) is 0.642. The summed E-state index contributed by atoms with van der Waals surface area (Å²) >= 11 is 0. The molecule has 2 aromatic carbocycles. The van der Waals surface area contributed by atoms with Crippen LogP contribution in [0.5, 0.6) is 5.75 Å². The Morgan fingerprint density at radius 3 is 2.59 bits per heavy atom. The summed E-state index contributed by atoms with van der Waals surface area (Å²) in [5.74, 6) is 0.254. The predicted octanol–water partition coefficient (Wildman–Crippen LogP) is 2.22. The van der Waals surface area contributed by atoms with Gasteiger partial charge in [-0.25, -0.2) is 4.79 Å². The van der Waals surface area contributed by atoms with E-state index >= 15 is 0 Å². The molecule has 1 aromatic heterocycles. The van der Waals surface area contributed by atoms with Gasteiger partial charge in [0.1, 0.15) is 12.3 Å². The highest BCUT2D eigenvalue weighted by atomic mass is 16.5. The third kappa shape index (κ3) is 3.76. The van der Waals surface area contributed by atoms with E-state index in [1.165, 1.54) is 9.13 Å². The van der Waals surface area contributed by atoms with Gasteiger partial charge in [-0.15, -0.1) is 0 Å². The van der Waals surface area contributed by atoms with Crippen molar-refractivity contribution in [3.63, 3.8) is 0 Å². The van der Waals surface area contributed by atoms with Gasteiger partial charge in [-0.2, -0.15) is 0 Å². The Kier molecular flexibility index (Phi) is 5.40. The molecule has 1 heterocycles. The van der Waals surface area contributed by atoms with Crippen molar-refractivity contribution in [1.29, 1.82) is 0 Å². The van der Waals surface area contributed by atoms with Crippen molar-refractivity contribution < 1.29 is 9.53 Å². The highest BCUT2D eigenvalue weighted by Gasteiger charge is 2.15. The fraction of sp³-hybridized carbons (Fsp3) is 0.250. The number of para-hydroxylation sites is 1. The molecule has 0 aliphatic rings. The molecular formula is C20H21N3O4. The minimum atomic E-state index is -0.485. The molecule has 0 spiro atoms. The largest absolute Gasteiger partial charge is 0.497 e. The molecule has 1 amide bonds. The molecule has 0 saturated carbocycles. The second-order valence-electron chi connectivity index (χ2n) is 6.12. The molecule has 3 aromatic rings. The van der Waals surface area contributed by atoms with Gasteiger partial charge < -0.3 is 10.1 Å². The summed E-state index contributed by atoms with van der Waals surface area (Å²) in [4.78, 5) is 37.9. The smallest absolute Gasteiger partial charge is 0.331 e. The number of hydrogen-bond donors (Lipinski definition) is 1. The van der Waals surface area contributed by atoms with Crippen molar-refractivity contribution in [3.8, 4) is 5.75 Å². The predicted molar refractivity (Wildman–Crippen MR) is 104 cm³/mol. The molecule has 0 saturated heterocycles. The topological polar surface area (TPSA) is 82.3 Å². The number of anilines is 1. The van der Waals surface area contributed by atoms with Crippen molar-refractivity contribution in [3.05, 3.63) is 69.4 Å². The van der Waals surface area contributed by atoms with Crippen LogP contribution >= 0.6 is 0 Å². The van der Waals surface area contributed by atoms with Crippen LogP contribution in [0.4, 0.5) is 5.69 Å². The van der Waals surface area contributed by atoms with E-state index in [0.717, 1.165) is 0 Å². The molecule has 0 bridgehead atoms. The normalized spacial score (nSPS) is 10.7. The molecule has 0 radical (unpaired) electrons. The number of aromatic nitrogens is 2. The minimum Gasteiger partial charge on any atom is -0.497 e. The lowest BCUT2D eigenvalue weighted by Gasteiger charge is -2.14. The van der Waals surface area contributed by atoms with Gasteiger partial charge >= 0.3 is 5.69 Å². The maximum atomic E-state index is 12.8. The molecule has 27 heavy (non-hydrogen) atoms. The van der Waals surface area contributed by atoms with E-state index in [0.29, 0.717) is 35.3 Å². The fourth-order valence-corrected chi connectivity index (χ4v) is 2.99. The number of fused-ring (bicyclic) bond motifs is 1. The van der Waals surface area contributed by atoms with Gasteiger partial charge in [0.25, 0.3) is 5.56 Å². The third-order valence-electron chi connectivity index (χ3n) is 4.23. The van der Waals surface area contributed by atoms with Crippen molar-refractivity contribution in [2.45, 2.75) is 26.4 Å². The number of nitrogens with zero attached hydrogens (tertiary/aromatic N) is 2. The Balaban J connectivity index is 1.99. The average Bonchev–Trinajstić information content (AvgIpc) is 2.68. The zero-order valence-corrected chi connectivity index (χ0v) is 15.3. The first-order valence-electron chi connectivity index (χ1n) is 8.71. The van der Waals surface area contributed by atoms with Gasteiger partial charge in [0, 0.05) is 18.3 Å². The van der Waals surface area contributed by atoms with E-state index in [1.807, 2.05) is 6.92 Å². The summed E-state index contributed by atoms with van der Waals surface area (Å²) in [5.41, 5.74) is 0.197. The summed E-state index contributed by atoms with van der Waals surface area (Å²) in [6.45, 7) is 2.00. The Bertz CT molecular complexity index is 1100. The molecule has 7 nitrogen and oxygen atoms in total. The minimum absolute atomic E-state index is 0.194. The first-order chi connectivity index (χ1) is 13.0. The maximum Gasteiger partial charge on any atom is 0.331 e. The van der Waals surface area contributed by atoms with Crippen LogP contribution in [0.1, 0.15) is 13.3 Å². The molecule has 0 atom stereocenters. The van der Waals surface area contributed by atoms with E-state index < -0.39 is 5.69 Å². The Morgan fingerprint density at radius 1 is 1.07 bits per heavy atom. The highest BCUT2D eigenvalue weighted by molar-refractivity contribution is 5.91. The first kappa shape index (κ1) is 18.4. The number of hydrogen-bond acceptors (Lipinski definition) is 4. The number of amides is 1. The van der Waals surface area contributed by atoms with Gasteiger partial charge in [0.05, 0.1) is 18.0 Å². The Hall–Kier alpha value is -3.35. The highest BCUT2D eigenvalue weighted by Crippen LogP contribution is 2.16. The fourth-order valence-electron chi connectivity index (χ4n) is 2.99. The van der Waals surface area contributed by atoms with Gasteiger partial charge in [-0.05, 0) is 30.7 Å². The van der Waals surface area contributed by atoms with Crippen LogP contribution in [0, 0.1) is 0 Å². The van der Waals surface area contributed by atoms with Gasteiger partial charge in [0.15, 0.2) is 0 Å². The van der Waals surface area contributed by atoms with Crippen molar-refractivity contribution in [2.24, 2.45) is 0 Å². The van der Waals surface area contributed by atoms with E-state index in [9.17, 15) is 14.4 Å². The van der Waals surface area contributed by atoms with Gasteiger partial charge in [-0.1, -0.05) is 25.1 Å². The second kappa shape index (κ2) is 7.90. The lowest BCUT2D eigenvalue weighted by Crippen LogP contribution is -2.41. The summed E-state index contributed by atoms with van der Waals surface area (Å²) in [5, 5.41) is 3.17. The van der Waals surface area contributed by atoms with Gasteiger partial charge in [0.2, 0.25) is 5.91 Å². The number of methoxy groups -OCH3 is 1. The summed E-state index contributed by atoms with van der Waals surface area (Å²) < 4.78 is 7.66. The van der Waals surface area contributed by atoms with Gasteiger partial charge in [-0.3, -0.25) is 18.7 Å². The number of ether oxygens (including phenoxy) is 1. The average molecular weight is 367 g/mol. The molecule has 0 aliphatic heterocycles. The van der Waals surface area contributed by atoms with Crippen LogP contribution in [0.15, 0.2) is 58.1 Å². The van der Waals surface area contributed by atoms with E-state index in [1.54, 1.807) is 55.6 Å². The number of carbonyl (C=O) groups excluding carboxylic acids is 1. The maximum absolute atomic E-state index is 12.8. The van der Waals surface area contributed by atoms with Crippen molar-refractivity contribution in [1.82, 2.24) is 9.13 Å². The van der Waals surface area contributed by atoms with E-state index in [2.05, 4.69) is 5.32 Å². The summed E-state index contributed by atoms with van der Waals surface area (Å²) in [6, 6.07) is 13.8. The molecular weight excluding hydrogens is 346 g/mol. The zero-order chi connectivity index (χ0) is 19.4. The Labute approximate surface area is 155 Å².